The standard InChI is InChI=1S/C19H29N3O3S/c1-14(2)11-21-26(24,25)18-5-3-15(4-6-18)19(23)22-9-7-16-12-20-13-17(16)8-10-22/h3-6,14,16-17,20-21H,7-13H2,1-2H3/t16-,17+. The summed E-state index contributed by atoms with van der Waals surface area (Å²) in [7, 11) is -3.52. The lowest BCUT2D eigenvalue weighted by atomic mass is 9.92. The third kappa shape index (κ3) is 4.45. The van der Waals surface area contributed by atoms with Gasteiger partial charge in [0.05, 0.1) is 4.90 Å². The zero-order valence-corrected chi connectivity index (χ0v) is 16.4. The van der Waals surface area contributed by atoms with Gasteiger partial charge in [0.25, 0.3) is 5.91 Å². The van der Waals surface area contributed by atoms with Crippen LogP contribution in [0, 0.1) is 17.8 Å². The quantitative estimate of drug-likeness (QED) is 0.816. The van der Waals surface area contributed by atoms with Crippen molar-refractivity contribution in [1.29, 1.82) is 0 Å². The lowest BCUT2D eigenvalue weighted by Gasteiger charge is -2.21. The van der Waals surface area contributed by atoms with Crippen molar-refractivity contribution in [3.8, 4) is 0 Å². The Morgan fingerprint density at radius 1 is 1.15 bits per heavy atom. The monoisotopic (exact) mass is 379 g/mol. The predicted octanol–water partition coefficient (Wildman–Crippen LogP) is 1.69. The minimum absolute atomic E-state index is 0.00276. The van der Waals surface area contributed by atoms with Gasteiger partial charge in [-0.15, -0.1) is 0 Å². The molecule has 0 aliphatic carbocycles. The van der Waals surface area contributed by atoms with Crippen LogP contribution in [0.4, 0.5) is 0 Å². The Morgan fingerprint density at radius 3 is 2.27 bits per heavy atom. The highest BCUT2D eigenvalue weighted by Gasteiger charge is 2.31. The van der Waals surface area contributed by atoms with Gasteiger partial charge in [-0.2, -0.15) is 0 Å². The molecule has 0 radical (unpaired) electrons. The first-order chi connectivity index (χ1) is 12.4. The molecule has 6 nitrogen and oxygen atoms in total. The van der Waals surface area contributed by atoms with Crippen molar-refractivity contribution >= 4 is 15.9 Å². The first-order valence-corrected chi connectivity index (χ1v) is 10.9. The van der Waals surface area contributed by atoms with E-state index in [1.165, 1.54) is 12.1 Å². The van der Waals surface area contributed by atoms with Crippen LogP contribution in [0.25, 0.3) is 0 Å². The molecule has 2 saturated heterocycles. The number of sulfonamides is 1. The molecule has 2 heterocycles. The summed E-state index contributed by atoms with van der Waals surface area (Å²) in [6, 6.07) is 6.29. The summed E-state index contributed by atoms with van der Waals surface area (Å²) >= 11 is 0. The second-order valence-electron chi connectivity index (χ2n) is 7.82. The van der Waals surface area contributed by atoms with E-state index in [9.17, 15) is 13.2 Å². The van der Waals surface area contributed by atoms with Crippen LogP contribution in [0.2, 0.25) is 0 Å². The molecule has 26 heavy (non-hydrogen) atoms. The molecular weight excluding hydrogens is 350 g/mol. The number of benzene rings is 1. The van der Waals surface area contributed by atoms with Gasteiger partial charge in [0.15, 0.2) is 0 Å². The lowest BCUT2D eigenvalue weighted by molar-refractivity contribution is 0.0758. The Kier molecular flexibility index (Phi) is 5.99. The summed E-state index contributed by atoms with van der Waals surface area (Å²) in [5.41, 5.74) is 0.554. The second-order valence-corrected chi connectivity index (χ2v) is 9.59. The molecule has 0 aromatic heterocycles. The van der Waals surface area contributed by atoms with E-state index in [1.807, 2.05) is 18.7 Å². The first-order valence-electron chi connectivity index (χ1n) is 9.46. The molecule has 0 spiro atoms. The molecule has 0 saturated carbocycles. The Morgan fingerprint density at radius 2 is 1.73 bits per heavy atom. The second kappa shape index (κ2) is 8.06. The molecule has 1 amide bonds. The van der Waals surface area contributed by atoms with Gasteiger partial charge in [-0.25, -0.2) is 13.1 Å². The number of carbonyl (C=O) groups is 1. The summed E-state index contributed by atoms with van der Waals surface area (Å²) in [6.07, 6.45) is 2.07. The molecule has 2 N–H and O–H groups in total. The van der Waals surface area contributed by atoms with Crippen LogP contribution in [-0.4, -0.2) is 51.9 Å². The fourth-order valence-electron chi connectivity index (χ4n) is 3.74. The van der Waals surface area contributed by atoms with Crippen molar-refractivity contribution < 1.29 is 13.2 Å². The number of rotatable bonds is 5. The lowest BCUT2D eigenvalue weighted by Crippen LogP contribution is -2.33. The Balaban J connectivity index is 1.65. The van der Waals surface area contributed by atoms with Crippen LogP contribution in [-0.2, 0) is 10.0 Å². The van der Waals surface area contributed by atoms with E-state index in [-0.39, 0.29) is 16.7 Å². The highest BCUT2D eigenvalue weighted by Crippen LogP contribution is 2.27. The molecule has 2 atom stereocenters. The van der Waals surface area contributed by atoms with Crippen molar-refractivity contribution in [2.45, 2.75) is 31.6 Å². The average molecular weight is 380 g/mol. The molecule has 7 heteroatoms. The van der Waals surface area contributed by atoms with Gasteiger partial charge >= 0.3 is 0 Å². The van der Waals surface area contributed by atoms with Crippen molar-refractivity contribution in [3.05, 3.63) is 29.8 Å². The van der Waals surface area contributed by atoms with Crippen molar-refractivity contribution in [2.75, 3.05) is 32.7 Å². The van der Waals surface area contributed by atoms with Gasteiger partial charge < -0.3 is 10.2 Å². The normalized spacial score (nSPS) is 23.7. The summed E-state index contributed by atoms with van der Waals surface area (Å²) in [6.45, 7) is 7.97. The van der Waals surface area contributed by atoms with E-state index in [2.05, 4.69) is 10.0 Å². The summed E-state index contributed by atoms with van der Waals surface area (Å²) in [5, 5.41) is 3.44. The van der Waals surface area contributed by atoms with E-state index in [0.717, 1.165) is 39.0 Å². The van der Waals surface area contributed by atoms with Crippen LogP contribution in [0.5, 0.6) is 0 Å². The van der Waals surface area contributed by atoms with Crippen LogP contribution < -0.4 is 10.0 Å². The van der Waals surface area contributed by atoms with Gasteiger partial charge in [0.1, 0.15) is 0 Å². The third-order valence-corrected chi connectivity index (χ3v) is 6.84. The number of nitrogens with zero attached hydrogens (tertiary/aromatic N) is 1. The highest BCUT2D eigenvalue weighted by molar-refractivity contribution is 7.89. The largest absolute Gasteiger partial charge is 0.339 e. The van der Waals surface area contributed by atoms with Gasteiger partial charge in [0.2, 0.25) is 10.0 Å². The minimum atomic E-state index is -3.52. The third-order valence-electron chi connectivity index (χ3n) is 5.40. The minimum Gasteiger partial charge on any atom is -0.339 e. The first kappa shape index (κ1) is 19.3. The number of fused-ring (bicyclic) bond motifs is 1. The molecule has 3 rings (SSSR count). The maximum absolute atomic E-state index is 12.8. The van der Waals surface area contributed by atoms with E-state index in [4.69, 9.17) is 0 Å². The number of likely N-dealkylation sites (tertiary alicyclic amines) is 1. The average Bonchev–Trinajstić information content (AvgIpc) is 2.98. The smallest absolute Gasteiger partial charge is 0.253 e. The van der Waals surface area contributed by atoms with Crippen molar-refractivity contribution in [2.24, 2.45) is 17.8 Å². The van der Waals surface area contributed by atoms with E-state index in [1.54, 1.807) is 12.1 Å². The molecule has 1 aromatic rings. The molecule has 1 aromatic carbocycles. The Labute approximate surface area is 156 Å². The van der Waals surface area contributed by atoms with Crippen molar-refractivity contribution in [1.82, 2.24) is 14.9 Å². The highest BCUT2D eigenvalue weighted by atomic mass is 32.2. The van der Waals surface area contributed by atoms with Crippen LogP contribution in [0.15, 0.2) is 29.2 Å². The Bertz CT molecular complexity index is 717. The van der Waals surface area contributed by atoms with Gasteiger partial charge in [0, 0.05) is 25.2 Å². The molecule has 0 bridgehead atoms. The summed E-state index contributed by atoms with van der Waals surface area (Å²) in [5.74, 6) is 1.58. The van der Waals surface area contributed by atoms with Crippen molar-refractivity contribution in [3.63, 3.8) is 0 Å². The SMILES string of the molecule is CC(C)CNS(=O)(=O)c1ccc(C(=O)N2CC[C@@H]3CNC[C@@H]3CC2)cc1. The van der Waals surface area contributed by atoms with Gasteiger partial charge in [-0.3, -0.25) is 4.79 Å². The maximum Gasteiger partial charge on any atom is 0.253 e. The zero-order valence-electron chi connectivity index (χ0n) is 15.6. The van der Waals surface area contributed by atoms with E-state index >= 15 is 0 Å². The van der Waals surface area contributed by atoms with E-state index in [0.29, 0.717) is 23.9 Å². The molecule has 144 valence electrons. The van der Waals surface area contributed by atoms with Gasteiger partial charge in [-0.05, 0) is 68.0 Å². The fraction of sp³-hybridized carbons (Fsp3) is 0.632. The molecule has 2 fully saturated rings. The van der Waals surface area contributed by atoms with Crippen LogP contribution >= 0.6 is 0 Å². The molecule has 2 aliphatic heterocycles. The number of amides is 1. The predicted molar refractivity (Wildman–Crippen MR) is 101 cm³/mol. The molecule has 0 unspecified atom stereocenters. The number of hydrogen-bond donors (Lipinski definition) is 2. The maximum atomic E-state index is 12.8. The Hall–Kier alpha value is -1.44. The number of carbonyl (C=O) groups excluding carboxylic acids is 1. The van der Waals surface area contributed by atoms with Crippen LogP contribution in [0.3, 0.4) is 0 Å². The molecular formula is C19H29N3O3S. The number of hydrogen-bond acceptors (Lipinski definition) is 4. The summed E-state index contributed by atoms with van der Waals surface area (Å²) < 4.78 is 27.1. The van der Waals surface area contributed by atoms with Crippen LogP contribution in [0.1, 0.15) is 37.0 Å². The van der Waals surface area contributed by atoms with E-state index < -0.39 is 10.0 Å². The van der Waals surface area contributed by atoms with Gasteiger partial charge in [-0.1, -0.05) is 13.8 Å². The zero-order chi connectivity index (χ0) is 18.7. The molecule has 2 aliphatic rings. The fourth-order valence-corrected chi connectivity index (χ4v) is 4.95. The number of nitrogens with one attached hydrogen (secondary N) is 2. The topological polar surface area (TPSA) is 78.5 Å². The summed E-state index contributed by atoms with van der Waals surface area (Å²) in [4.78, 5) is 14.9.